The van der Waals surface area contributed by atoms with Crippen LogP contribution in [0.25, 0.3) is 4.91 Å². The first-order valence-electron chi connectivity index (χ1n) is 6.60. The minimum absolute atomic E-state index is 0.308. The van der Waals surface area contributed by atoms with Gasteiger partial charge in [0.2, 0.25) is 0 Å². The average Bonchev–Trinajstić information content (AvgIpc) is 3.06. The summed E-state index contributed by atoms with van der Waals surface area (Å²) >= 11 is 1.74. The lowest BCUT2D eigenvalue weighted by atomic mass is 10.1. The lowest BCUT2D eigenvalue weighted by molar-refractivity contribution is 0.602. The molecule has 1 aromatic carbocycles. The molecule has 1 aliphatic rings. The Morgan fingerprint density at radius 3 is 2.81 bits per heavy atom. The van der Waals surface area contributed by atoms with Gasteiger partial charge in [-0.3, -0.25) is 4.68 Å². The third kappa shape index (κ3) is 3.06. The van der Waals surface area contributed by atoms with Crippen LogP contribution < -0.4 is 0 Å². The van der Waals surface area contributed by atoms with Crippen molar-refractivity contribution in [2.45, 2.75) is 16.6 Å². The second kappa shape index (κ2) is 5.35. The van der Waals surface area contributed by atoms with Crippen molar-refractivity contribution in [3.63, 3.8) is 0 Å². The van der Waals surface area contributed by atoms with Gasteiger partial charge in [-0.25, -0.2) is 8.42 Å². The molecule has 2 aromatic rings. The normalized spacial score (nSPS) is 18.8. The summed E-state index contributed by atoms with van der Waals surface area (Å²) in [6.07, 6.45) is 6.25. The smallest absolute Gasteiger partial charge is 0.175 e. The molecule has 0 aliphatic carbocycles. The molecular formula is C15H16N2O2S2. The topological polar surface area (TPSA) is 52.0 Å². The molecule has 0 amide bonds. The highest BCUT2D eigenvalue weighted by Gasteiger charge is 2.23. The zero-order chi connectivity index (χ0) is 15.0. The van der Waals surface area contributed by atoms with E-state index in [1.807, 2.05) is 25.4 Å². The number of thioether (sulfide) groups is 1. The molecule has 4 nitrogen and oxygen atoms in total. The molecule has 1 aromatic heterocycles. The maximum absolute atomic E-state index is 11.6. The van der Waals surface area contributed by atoms with E-state index in [0.717, 1.165) is 22.6 Å². The van der Waals surface area contributed by atoms with Crippen LogP contribution in [0.15, 0.2) is 47.5 Å². The predicted octanol–water partition coefficient (Wildman–Crippen LogP) is 3.04. The van der Waals surface area contributed by atoms with Crippen LogP contribution in [0.3, 0.4) is 0 Å². The molecule has 0 spiro atoms. The largest absolute Gasteiger partial charge is 0.276 e. The second-order valence-corrected chi connectivity index (χ2v) is 8.39. The van der Waals surface area contributed by atoms with Crippen LogP contribution in [0.4, 0.5) is 0 Å². The van der Waals surface area contributed by atoms with Gasteiger partial charge in [-0.1, -0.05) is 18.2 Å². The van der Waals surface area contributed by atoms with Gasteiger partial charge >= 0.3 is 0 Å². The summed E-state index contributed by atoms with van der Waals surface area (Å²) in [6.45, 7) is 0. The lowest BCUT2D eigenvalue weighted by Crippen LogP contribution is -1.97. The standard InChI is InChI=1S/C15H16N2O2S2/c1-17-9-8-13(16-17)15-7-6-14(20-15)11-4-3-5-12(10-11)21(2,18)19/h3-6,8-10,15H,7H2,1-2H3. The summed E-state index contributed by atoms with van der Waals surface area (Å²) in [7, 11) is -1.26. The minimum atomic E-state index is -3.17. The van der Waals surface area contributed by atoms with Gasteiger partial charge in [0.25, 0.3) is 0 Å². The van der Waals surface area contributed by atoms with Crippen molar-refractivity contribution >= 4 is 26.5 Å². The maximum atomic E-state index is 11.6. The number of benzene rings is 1. The molecule has 1 unspecified atom stereocenters. The Labute approximate surface area is 128 Å². The van der Waals surface area contributed by atoms with Crippen LogP contribution in [0.1, 0.15) is 22.9 Å². The molecule has 0 bridgehead atoms. The first-order chi connectivity index (χ1) is 9.93. The van der Waals surface area contributed by atoms with Crippen molar-refractivity contribution in [1.29, 1.82) is 0 Å². The SMILES string of the molecule is Cn1ccc(C2CC=C(c3cccc(S(C)(=O)=O)c3)S2)n1. The van der Waals surface area contributed by atoms with E-state index in [2.05, 4.69) is 11.2 Å². The molecular weight excluding hydrogens is 304 g/mol. The highest BCUT2D eigenvalue weighted by Crippen LogP contribution is 2.47. The number of hydrogen-bond acceptors (Lipinski definition) is 4. The Bertz CT molecular complexity index is 807. The van der Waals surface area contributed by atoms with E-state index >= 15 is 0 Å². The number of aromatic nitrogens is 2. The van der Waals surface area contributed by atoms with Crippen LogP contribution in [0, 0.1) is 0 Å². The highest BCUT2D eigenvalue weighted by molar-refractivity contribution is 8.08. The monoisotopic (exact) mass is 320 g/mol. The Balaban J connectivity index is 1.83. The zero-order valence-electron chi connectivity index (χ0n) is 11.9. The third-order valence-corrected chi connectivity index (χ3v) is 5.88. The fourth-order valence-electron chi connectivity index (χ4n) is 2.32. The van der Waals surface area contributed by atoms with Gasteiger partial charge in [0.05, 0.1) is 15.8 Å². The summed E-state index contributed by atoms with van der Waals surface area (Å²) in [5, 5.41) is 4.75. The Morgan fingerprint density at radius 1 is 1.33 bits per heavy atom. The molecule has 2 heterocycles. The van der Waals surface area contributed by atoms with Gasteiger partial charge in [-0.05, 0) is 30.2 Å². The van der Waals surface area contributed by atoms with Crippen molar-refractivity contribution in [1.82, 2.24) is 9.78 Å². The molecule has 3 rings (SSSR count). The fraction of sp³-hybridized carbons (Fsp3) is 0.267. The molecule has 110 valence electrons. The zero-order valence-corrected chi connectivity index (χ0v) is 13.5. The van der Waals surface area contributed by atoms with Crippen LogP contribution >= 0.6 is 11.8 Å². The van der Waals surface area contributed by atoms with E-state index in [1.54, 1.807) is 34.6 Å². The highest BCUT2D eigenvalue weighted by atomic mass is 32.2. The molecule has 1 aliphatic heterocycles. The van der Waals surface area contributed by atoms with Crippen molar-refractivity contribution in [2.75, 3.05) is 6.26 Å². The Hall–Kier alpha value is -1.53. The van der Waals surface area contributed by atoms with E-state index in [1.165, 1.54) is 6.26 Å². The summed E-state index contributed by atoms with van der Waals surface area (Å²) in [5.74, 6) is 0. The number of sulfone groups is 1. The predicted molar refractivity (Wildman–Crippen MR) is 85.7 cm³/mol. The van der Waals surface area contributed by atoms with E-state index in [0.29, 0.717) is 10.1 Å². The number of nitrogens with zero attached hydrogens (tertiary/aromatic N) is 2. The summed E-state index contributed by atoms with van der Waals surface area (Å²) in [4.78, 5) is 1.49. The molecule has 0 saturated heterocycles. The van der Waals surface area contributed by atoms with Crippen molar-refractivity contribution < 1.29 is 8.42 Å². The molecule has 0 N–H and O–H groups in total. The molecule has 6 heteroatoms. The van der Waals surface area contributed by atoms with E-state index in [9.17, 15) is 8.42 Å². The number of hydrogen-bond donors (Lipinski definition) is 0. The molecule has 0 radical (unpaired) electrons. The average molecular weight is 320 g/mol. The van der Waals surface area contributed by atoms with Crippen LogP contribution in [0.2, 0.25) is 0 Å². The third-order valence-electron chi connectivity index (χ3n) is 3.40. The molecule has 0 fully saturated rings. The second-order valence-electron chi connectivity index (χ2n) is 5.12. The lowest BCUT2D eigenvalue weighted by Gasteiger charge is -2.08. The van der Waals surface area contributed by atoms with Gasteiger partial charge in [0.1, 0.15) is 0 Å². The van der Waals surface area contributed by atoms with Crippen LogP contribution in [0.5, 0.6) is 0 Å². The fourth-order valence-corrected chi connectivity index (χ4v) is 4.18. The van der Waals surface area contributed by atoms with Crippen LogP contribution in [-0.2, 0) is 16.9 Å². The summed E-state index contributed by atoms with van der Waals surface area (Å²) in [6, 6.07) is 9.15. The number of aryl methyl sites for hydroxylation is 1. The Kier molecular flexibility index (Phi) is 3.67. The van der Waals surface area contributed by atoms with Gasteiger partial charge in [-0.2, -0.15) is 5.10 Å². The number of allylic oxidation sites excluding steroid dienone is 1. The summed E-state index contributed by atoms with van der Waals surface area (Å²) < 4.78 is 25.1. The van der Waals surface area contributed by atoms with Crippen molar-refractivity contribution in [2.24, 2.45) is 7.05 Å². The molecule has 0 saturated carbocycles. The minimum Gasteiger partial charge on any atom is -0.276 e. The first-order valence-corrected chi connectivity index (χ1v) is 9.37. The van der Waals surface area contributed by atoms with Crippen LogP contribution in [-0.4, -0.2) is 24.5 Å². The van der Waals surface area contributed by atoms with Gasteiger partial charge < -0.3 is 0 Å². The van der Waals surface area contributed by atoms with Gasteiger partial charge in [-0.15, -0.1) is 11.8 Å². The Morgan fingerprint density at radius 2 is 2.14 bits per heavy atom. The van der Waals surface area contributed by atoms with Crippen molar-refractivity contribution in [3.05, 3.63) is 53.9 Å². The quantitative estimate of drug-likeness (QED) is 0.872. The van der Waals surface area contributed by atoms with E-state index < -0.39 is 9.84 Å². The number of rotatable bonds is 3. The van der Waals surface area contributed by atoms with Crippen molar-refractivity contribution in [3.8, 4) is 0 Å². The maximum Gasteiger partial charge on any atom is 0.175 e. The summed E-state index contributed by atoms with van der Waals surface area (Å²) in [5.41, 5.74) is 2.02. The van der Waals surface area contributed by atoms with Gasteiger partial charge in [0, 0.05) is 24.4 Å². The van der Waals surface area contributed by atoms with Gasteiger partial charge in [0.15, 0.2) is 9.84 Å². The van der Waals surface area contributed by atoms with E-state index in [4.69, 9.17) is 0 Å². The molecule has 21 heavy (non-hydrogen) atoms. The van der Waals surface area contributed by atoms with E-state index in [-0.39, 0.29) is 0 Å². The molecule has 1 atom stereocenters. The first kappa shape index (κ1) is 14.4.